The molecule has 1 aromatic rings. The summed E-state index contributed by atoms with van der Waals surface area (Å²) >= 11 is 0. The maximum atomic E-state index is 13.5. The number of halogens is 2. The number of nitrogens with two attached hydrogens (primary N) is 1. The van der Waals surface area contributed by atoms with Crippen molar-refractivity contribution in [3.8, 4) is 0 Å². The molecule has 0 bridgehead atoms. The van der Waals surface area contributed by atoms with Gasteiger partial charge >= 0.3 is 0 Å². The summed E-state index contributed by atoms with van der Waals surface area (Å²) in [4.78, 5) is -0.724. The molecule has 0 heterocycles. The van der Waals surface area contributed by atoms with Crippen LogP contribution in [0.5, 0.6) is 0 Å². The third-order valence-electron chi connectivity index (χ3n) is 2.53. The number of nitrogen functional groups attached to an aromatic ring is 1. The standard InChI is InChI=1S/C11H16F2N2O2S/c1-3-4-5-15(2)18(16,17)10-7-8(14)6-9(12)11(10)13/h6-7H,3-5,14H2,1-2H3. The van der Waals surface area contributed by atoms with Crippen LogP contribution < -0.4 is 5.73 Å². The number of unbranched alkanes of at least 4 members (excludes halogenated alkanes) is 1. The Hall–Kier alpha value is -1.21. The van der Waals surface area contributed by atoms with Crippen molar-refractivity contribution in [3.05, 3.63) is 23.8 Å². The topological polar surface area (TPSA) is 63.4 Å². The highest BCUT2D eigenvalue weighted by molar-refractivity contribution is 7.89. The van der Waals surface area contributed by atoms with E-state index in [1.54, 1.807) is 0 Å². The number of hydrogen-bond acceptors (Lipinski definition) is 3. The Labute approximate surface area is 105 Å². The Balaban J connectivity index is 3.20. The summed E-state index contributed by atoms with van der Waals surface area (Å²) in [5.41, 5.74) is 5.21. The molecule has 1 rings (SSSR count). The van der Waals surface area contributed by atoms with Gasteiger partial charge in [0.25, 0.3) is 0 Å². The molecule has 0 unspecified atom stereocenters. The monoisotopic (exact) mass is 278 g/mol. The maximum Gasteiger partial charge on any atom is 0.245 e. The van der Waals surface area contributed by atoms with Gasteiger partial charge in [-0.1, -0.05) is 13.3 Å². The fourth-order valence-corrected chi connectivity index (χ4v) is 2.75. The van der Waals surface area contributed by atoms with Gasteiger partial charge in [0, 0.05) is 19.3 Å². The molecule has 2 N–H and O–H groups in total. The lowest BCUT2D eigenvalue weighted by Crippen LogP contribution is -2.29. The highest BCUT2D eigenvalue weighted by atomic mass is 32.2. The highest BCUT2D eigenvalue weighted by Crippen LogP contribution is 2.23. The molecule has 0 fully saturated rings. The van der Waals surface area contributed by atoms with Crippen LogP contribution in [0.25, 0.3) is 0 Å². The quantitative estimate of drug-likeness (QED) is 0.837. The first-order valence-corrected chi connectivity index (χ1v) is 6.95. The second-order valence-corrected chi connectivity index (χ2v) is 6.01. The molecule has 1 aromatic carbocycles. The van der Waals surface area contributed by atoms with Crippen molar-refractivity contribution in [3.63, 3.8) is 0 Å². The van der Waals surface area contributed by atoms with E-state index >= 15 is 0 Å². The first-order chi connectivity index (χ1) is 8.30. The lowest BCUT2D eigenvalue weighted by molar-refractivity contribution is 0.443. The molecular weight excluding hydrogens is 262 g/mol. The molecule has 7 heteroatoms. The van der Waals surface area contributed by atoms with Gasteiger partial charge in [0.1, 0.15) is 4.90 Å². The summed E-state index contributed by atoms with van der Waals surface area (Å²) in [6.45, 7) is 2.15. The predicted molar refractivity (Wildman–Crippen MR) is 65.5 cm³/mol. The minimum absolute atomic E-state index is 0.128. The molecule has 0 atom stereocenters. The summed E-state index contributed by atoms with van der Waals surface area (Å²) in [5.74, 6) is -2.66. The molecule has 18 heavy (non-hydrogen) atoms. The highest BCUT2D eigenvalue weighted by Gasteiger charge is 2.26. The zero-order chi connectivity index (χ0) is 13.9. The lowest BCUT2D eigenvalue weighted by Gasteiger charge is -2.17. The van der Waals surface area contributed by atoms with Gasteiger partial charge in [0.05, 0.1) is 0 Å². The van der Waals surface area contributed by atoms with Crippen LogP contribution in [0.1, 0.15) is 19.8 Å². The molecule has 4 nitrogen and oxygen atoms in total. The summed E-state index contributed by atoms with van der Waals surface area (Å²) in [6.07, 6.45) is 1.44. The SMILES string of the molecule is CCCCN(C)S(=O)(=O)c1cc(N)cc(F)c1F. The first-order valence-electron chi connectivity index (χ1n) is 5.51. The molecule has 0 amide bonds. The predicted octanol–water partition coefficient (Wildman–Crippen LogP) is 1.97. The molecular formula is C11H16F2N2O2S. The third kappa shape index (κ3) is 2.97. The second kappa shape index (κ2) is 5.62. The molecule has 0 radical (unpaired) electrons. The zero-order valence-electron chi connectivity index (χ0n) is 10.3. The number of sulfonamides is 1. The smallest absolute Gasteiger partial charge is 0.245 e. The molecule has 0 spiro atoms. The molecule has 102 valence electrons. The summed E-state index contributed by atoms with van der Waals surface area (Å²) in [7, 11) is -2.72. The minimum Gasteiger partial charge on any atom is -0.399 e. The molecule has 0 aliphatic carbocycles. The van der Waals surface area contributed by atoms with Crippen molar-refractivity contribution in [2.45, 2.75) is 24.7 Å². The van der Waals surface area contributed by atoms with Gasteiger partial charge in [0.15, 0.2) is 11.6 Å². The van der Waals surface area contributed by atoms with Crippen molar-refractivity contribution in [2.24, 2.45) is 0 Å². The van der Waals surface area contributed by atoms with Crippen molar-refractivity contribution in [1.29, 1.82) is 0 Å². The van der Waals surface area contributed by atoms with Gasteiger partial charge in [-0.2, -0.15) is 0 Å². The molecule has 0 saturated heterocycles. The first kappa shape index (κ1) is 14.8. The van der Waals surface area contributed by atoms with Crippen LogP contribution in [0.15, 0.2) is 17.0 Å². The Bertz CT molecular complexity index is 532. The Morgan fingerprint density at radius 1 is 1.33 bits per heavy atom. The molecule has 0 aliphatic rings. The van der Waals surface area contributed by atoms with Gasteiger partial charge in [-0.15, -0.1) is 0 Å². The van der Waals surface area contributed by atoms with Crippen molar-refractivity contribution < 1.29 is 17.2 Å². The van der Waals surface area contributed by atoms with Crippen LogP contribution in [0.2, 0.25) is 0 Å². The van der Waals surface area contributed by atoms with Gasteiger partial charge in [-0.3, -0.25) is 0 Å². The summed E-state index contributed by atoms with van der Waals surface area (Å²) in [6, 6.07) is 1.68. The fourth-order valence-electron chi connectivity index (χ4n) is 1.44. The van der Waals surface area contributed by atoms with Crippen LogP contribution in [0.3, 0.4) is 0 Å². The number of rotatable bonds is 5. The fraction of sp³-hybridized carbons (Fsp3) is 0.455. The molecule has 0 saturated carbocycles. The average Bonchev–Trinajstić information content (AvgIpc) is 2.30. The number of benzene rings is 1. The van der Waals surface area contributed by atoms with Crippen molar-refractivity contribution in [1.82, 2.24) is 4.31 Å². The number of hydrogen-bond donors (Lipinski definition) is 1. The van der Waals surface area contributed by atoms with Gasteiger partial charge in [-0.05, 0) is 18.6 Å². The van der Waals surface area contributed by atoms with Crippen LogP contribution in [-0.4, -0.2) is 26.3 Å². The third-order valence-corrected chi connectivity index (χ3v) is 4.39. The van der Waals surface area contributed by atoms with Gasteiger partial charge in [0.2, 0.25) is 10.0 Å². The molecule has 0 aromatic heterocycles. The van der Waals surface area contributed by atoms with Crippen LogP contribution in [0, 0.1) is 11.6 Å². The number of anilines is 1. The van der Waals surface area contributed by atoms with Gasteiger partial charge in [-0.25, -0.2) is 21.5 Å². The van der Waals surface area contributed by atoms with E-state index in [1.165, 1.54) is 7.05 Å². The van der Waals surface area contributed by atoms with E-state index < -0.39 is 26.6 Å². The second-order valence-electron chi connectivity index (χ2n) is 3.99. The molecule has 0 aliphatic heterocycles. The van der Waals surface area contributed by atoms with E-state index in [0.29, 0.717) is 6.42 Å². The average molecular weight is 278 g/mol. The normalized spacial score (nSPS) is 12.1. The van der Waals surface area contributed by atoms with E-state index in [9.17, 15) is 17.2 Å². The van der Waals surface area contributed by atoms with E-state index in [0.717, 1.165) is 22.9 Å². The summed E-state index contributed by atoms with van der Waals surface area (Å²) in [5, 5.41) is 0. The zero-order valence-corrected chi connectivity index (χ0v) is 11.1. The van der Waals surface area contributed by atoms with E-state index in [2.05, 4.69) is 0 Å². The Kier molecular flexibility index (Phi) is 4.64. The van der Waals surface area contributed by atoms with Crippen LogP contribution in [-0.2, 0) is 10.0 Å². The lowest BCUT2D eigenvalue weighted by atomic mass is 10.3. The van der Waals surface area contributed by atoms with Crippen molar-refractivity contribution >= 4 is 15.7 Å². The van der Waals surface area contributed by atoms with Crippen molar-refractivity contribution in [2.75, 3.05) is 19.3 Å². The largest absolute Gasteiger partial charge is 0.399 e. The van der Waals surface area contributed by atoms with Crippen LogP contribution >= 0.6 is 0 Å². The minimum atomic E-state index is -4.05. The Morgan fingerprint density at radius 2 is 1.94 bits per heavy atom. The van der Waals surface area contributed by atoms with E-state index in [-0.39, 0.29) is 12.2 Å². The van der Waals surface area contributed by atoms with E-state index in [1.807, 2.05) is 6.92 Å². The summed E-state index contributed by atoms with van der Waals surface area (Å²) < 4.78 is 51.7. The Morgan fingerprint density at radius 3 is 2.50 bits per heavy atom. The van der Waals surface area contributed by atoms with Crippen LogP contribution in [0.4, 0.5) is 14.5 Å². The van der Waals surface area contributed by atoms with E-state index in [4.69, 9.17) is 5.73 Å². The number of nitrogens with zero attached hydrogens (tertiary/aromatic N) is 1. The van der Waals surface area contributed by atoms with Gasteiger partial charge < -0.3 is 5.73 Å². The maximum absolute atomic E-state index is 13.5.